The van der Waals surface area contributed by atoms with Gasteiger partial charge >= 0.3 is 5.97 Å². The molecule has 2 rings (SSSR count). The van der Waals surface area contributed by atoms with E-state index in [0.717, 1.165) is 43.8 Å². The molecule has 0 aliphatic carbocycles. The van der Waals surface area contributed by atoms with Crippen molar-refractivity contribution < 1.29 is 19.4 Å². The van der Waals surface area contributed by atoms with Crippen molar-refractivity contribution in [2.75, 3.05) is 45.2 Å². The van der Waals surface area contributed by atoms with Crippen LogP contribution in [0.2, 0.25) is 0 Å². The van der Waals surface area contributed by atoms with Gasteiger partial charge in [0.2, 0.25) is 5.91 Å². The molecule has 0 radical (unpaired) electrons. The zero-order valence-electron chi connectivity index (χ0n) is 16.0. The van der Waals surface area contributed by atoms with Gasteiger partial charge in [-0.2, -0.15) is 0 Å². The van der Waals surface area contributed by atoms with E-state index < -0.39 is 5.97 Å². The first kappa shape index (κ1) is 23.2. The van der Waals surface area contributed by atoms with Crippen molar-refractivity contribution in [2.24, 2.45) is 0 Å². The molecule has 1 aromatic rings. The Balaban J connectivity index is 0.00000364. The van der Waals surface area contributed by atoms with Crippen LogP contribution in [0.5, 0.6) is 5.75 Å². The number of nitrogens with one attached hydrogen (secondary N) is 1. The number of anilines is 1. The highest BCUT2D eigenvalue weighted by atomic mass is 35.5. The zero-order chi connectivity index (χ0) is 18.9. The Kier molecular flexibility index (Phi) is 10.1. The van der Waals surface area contributed by atoms with Gasteiger partial charge in [-0.1, -0.05) is 0 Å². The highest BCUT2D eigenvalue weighted by Gasteiger charge is 2.22. The fourth-order valence-corrected chi connectivity index (χ4v) is 3.28. The summed E-state index contributed by atoms with van der Waals surface area (Å²) in [5, 5.41) is 11.8. The highest BCUT2D eigenvalue weighted by Crippen LogP contribution is 2.17. The molecule has 1 saturated heterocycles. The average molecular weight is 400 g/mol. The summed E-state index contributed by atoms with van der Waals surface area (Å²) in [6.45, 7) is 4.61. The topological polar surface area (TPSA) is 82.1 Å². The number of amides is 1. The van der Waals surface area contributed by atoms with Gasteiger partial charge in [-0.25, -0.2) is 0 Å². The predicted octanol–water partition coefficient (Wildman–Crippen LogP) is 2.32. The monoisotopic (exact) mass is 399 g/mol. The second-order valence-corrected chi connectivity index (χ2v) is 6.68. The number of likely N-dealkylation sites (N-methyl/N-ethyl adjacent to an activating group) is 1. The summed E-state index contributed by atoms with van der Waals surface area (Å²) >= 11 is 0. The van der Waals surface area contributed by atoms with Crippen molar-refractivity contribution in [3.8, 4) is 5.75 Å². The van der Waals surface area contributed by atoms with E-state index >= 15 is 0 Å². The maximum atomic E-state index is 12.3. The Bertz CT molecular complexity index is 597. The molecule has 2 N–H and O–H groups in total. The highest BCUT2D eigenvalue weighted by molar-refractivity contribution is 5.92. The maximum absolute atomic E-state index is 12.3. The van der Waals surface area contributed by atoms with Gasteiger partial charge in [0.1, 0.15) is 5.75 Å². The molecule has 1 fully saturated rings. The van der Waals surface area contributed by atoms with Crippen LogP contribution < -0.4 is 10.1 Å². The van der Waals surface area contributed by atoms with Gasteiger partial charge in [0.15, 0.2) is 0 Å². The number of hydrogen-bond acceptors (Lipinski definition) is 5. The molecule has 1 amide bonds. The molecule has 1 aliphatic heterocycles. The third-order valence-corrected chi connectivity index (χ3v) is 4.61. The van der Waals surface area contributed by atoms with Crippen molar-refractivity contribution in [1.82, 2.24) is 9.80 Å². The number of carbonyl (C=O) groups is 2. The normalized spacial score (nSPS) is 17.7. The summed E-state index contributed by atoms with van der Waals surface area (Å²) < 4.78 is 5.39. The van der Waals surface area contributed by atoms with E-state index in [1.54, 1.807) is 0 Å². The molecule has 27 heavy (non-hydrogen) atoms. The van der Waals surface area contributed by atoms with E-state index in [4.69, 9.17) is 9.84 Å². The lowest BCUT2D eigenvalue weighted by Crippen LogP contribution is -2.37. The van der Waals surface area contributed by atoms with Crippen LogP contribution in [0.25, 0.3) is 0 Å². The van der Waals surface area contributed by atoms with Crippen molar-refractivity contribution >= 4 is 30.0 Å². The van der Waals surface area contributed by atoms with E-state index in [1.807, 2.05) is 43.1 Å². The van der Waals surface area contributed by atoms with Gasteiger partial charge in [-0.05, 0) is 64.0 Å². The fourth-order valence-electron chi connectivity index (χ4n) is 3.28. The molecule has 0 bridgehead atoms. The summed E-state index contributed by atoms with van der Waals surface area (Å²) in [5.74, 6) is -0.0515. The van der Waals surface area contributed by atoms with Crippen LogP contribution in [0.1, 0.15) is 26.2 Å². The third-order valence-electron chi connectivity index (χ3n) is 4.61. The van der Waals surface area contributed by atoms with Crippen LogP contribution in [-0.2, 0) is 9.59 Å². The van der Waals surface area contributed by atoms with E-state index in [9.17, 15) is 9.59 Å². The van der Waals surface area contributed by atoms with E-state index in [0.29, 0.717) is 13.2 Å². The van der Waals surface area contributed by atoms with Crippen LogP contribution >= 0.6 is 12.4 Å². The number of carboxylic acid groups (broad SMARTS) is 1. The zero-order valence-corrected chi connectivity index (χ0v) is 16.8. The number of hydrogen-bond donors (Lipinski definition) is 2. The molecule has 0 aromatic heterocycles. The number of likely N-dealkylation sites (tertiary alicyclic amines) is 1. The minimum absolute atomic E-state index is 0. The number of carbonyl (C=O) groups excluding carboxylic acids is 1. The molecule has 0 spiro atoms. The minimum atomic E-state index is -0.802. The summed E-state index contributed by atoms with van der Waals surface area (Å²) in [6.07, 6.45) is 2.80. The van der Waals surface area contributed by atoms with Crippen LogP contribution in [0.15, 0.2) is 24.3 Å². The Morgan fingerprint density at radius 1 is 1.26 bits per heavy atom. The van der Waals surface area contributed by atoms with Gasteiger partial charge in [0, 0.05) is 18.3 Å². The first-order valence-electron chi connectivity index (χ1n) is 9.15. The largest absolute Gasteiger partial charge is 0.494 e. The number of ether oxygens (including phenoxy) is 1. The Hall–Kier alpha value is -1.83. The molecule has 0 saturated carbocycles. The van der Waals surface area contributed by atoms with Gasteiger partial charge in [0.05, 0.1) is 19.7 Å². The van der Waals surface area contributed by atoms with Gasteiger partial charge < -0.3 is 15.2 Å². The van der Waals surface area contributed by atoms with Crippen LogP contribution in [0, 0.1) is 0 Å². The molecular weight excluding hydrogens is 370 g/mol. The lowest BCUT2D eigenvalue weighted by atomic mass is 10.1. The van der Waals surface area contributed by atoms with E-state index in [2.05, 4.69) is 10.2 Å². The number of halogens is 1. The second kappa shape index (κ2) is 11.8. The second-order valence-electron chi connectivity index (χ2n) is 6.68. The molecule has 1 atom stereocenters. The number of rotatable bonds is 8. The Labute approximate surface area is 167 Å². The molecule has 1 aromatic carbocycles. The summed E-state index contributed by atoms with van der Waals surface area (Å²) in [6, 6.07) is 7.61. The lowest BCUT2D eigenvalue weighted by Gasteiger charge is -2.25. The fraction of sp³-hybridized carbons (Fsp3) is 0.579. The minimum Gasteiger partial charge on any atom is -0.494 e. The van der Waals surface area contributed by atoms with Crippen molar-refractivity contribution in [2.45, 2.75) is 32.2 Å². The Morgan fingerprint density at radius 3 is 2.59 bits per heavy atom. The molecule has 1 heterocycles. The molecule has 1 aliphatic rings. The SMILES string of the molecule is CCOc1ccc(NC(=O)CN2CCCC(N(C)CC(=O)O)CC2)cc1.Cl. The quantitative estimate of drug-likeness (QED) is 0.698. The predicted molar refractivity (Wildman–Crippen MR) is 108 cm³/mol. The van der Waals surface area contributed by atoms with Crippen LogP contribution in [-0.4, -0.2) is 72.7 Å². The molecule has 1 unspecified atom stereocenters. The molecule has 152 valence electrons. The molecule has 8 heteroatoms. The Morgan fingerprint density at radius 2 is 1.96 bits per heavy atom. The summed E-state index contributed by atoms with van der Waals surface area (Å²) in [4.78, 5) is 27.2. The number of carboxylic acids is 1. The van der Waals surface area contributed by atoms with E-state index in [1.165, 1.54) is 0 Å². The average Bonchev–Trinajstić information content (AvgIpc) is 2.82. The van der Waals surface area contributed by atoms with Gasteiger partial charge in [0.25, 0.3) is 0 Å². The lowest BCUT2D eigenvalue weighted by molar-refractivity contribution is -0.138. The van der Waals surface area contributed by atoms with Crippen molar-refractivity contribution in [1.29, 1.82) is 0 Å². The standard InChI is InChI=1S/C19H29N3O4.ClH/c1-3-26-17-8-6-15(7-9-17)20-18(23)13-22-11-4-5-16(10-12-22)21(2)14-19(24)25;/h6-9,16H,3-5,10-14H2,1-2H3,(H,20,23)(H,24,25);1H. The van der Waals surface area contributed by atoms with Crippen LogP contribution in [0.3, 0.4) is 0 Å². The van der Waals surface area contributed by atoms with Crippen molar-refractivity contribution in [3.63, 3.8) is 0 Å². The van der Waals surface area contributed by atoms with Gasteiger partial charge in [-0.3, -0.25) is 19.4 Å². The number of aliphatic carboxylic acids is 1. The van der Waals surface area contributed by atoms with Gasteiger partial charge in [-0.15, -0.1) is 12.4 Å². The molecule has 7 nitrogen and oxygen atoms in total. The third kappa shape index (κ3) is 8.15. The number of nitrogens with zero attached hydrogens (tertiary/aromatic N) is 2. The summed E-state index contributed by atoms with van der Waals surface area (Å²) in [5.41, 5.74) is 0.757. The first-order valence-corrected chi connectivity index (χ1v) is 9.15. The summed E-state index contributed by atoms with van der Waals surface area (Å²) in [7, 11) is 1.85. The number of benzene rings is 1. The van der Waals surface area contributed by atoms with Crippen LogP contribution in [0.4, 0.5) is 5.69 Å². The van der Waals surface area contributed by atoms with E-state index in [-0.39, 0.29) is 30.9 Å². The van der Waals surface area contributed by atoms with Crippen molar-refractivity contribution in [3.05, 3.63) is 24.3 Å². The first-order chi connectivity index (χ1) is 12.5. The maximum Gasteiger partial charge on any atom is 0.317 e. The molecular formula is C19H30ClN3O4. The smallest absolute Gasteiger partial charge is 0.317 e.